The van der Waals surface area contributed by atoms with Crippen molar-refractivity contribution in [1.82, 2.24) is 9.96 Å². The fourth-order valence-electron chi connectivity index (χ4n) is 3.10. The number of carbonyl (C=O) groups excluding carboxylic acids is 1. The SMILES string of the molecule is C=CCON1C(=O)N2C[C@H]1[C@@H](O[Si](C)(C)C(C)(C)C)C[C@H]2CC. The predicted octanol–water partition coefficient (Wildman–Crippen LogP) is 3.78. The Morgan fingerprint density at radius 2 is 2.04 bits per heavy atom. The Labute approximate surface area is 141 Å². The molecule has 23 heavy (non-hydrogen) atoms. The highest BCUT2D eigenvalue weighted by Crippen LogP contribution is 2.41. The lowest BCUT2D eigenvalue weighted by molar-refractivity contribution is -0.138. The Morgan fingerprint density at radius 3 is 2.57 bits per heavy atom. The van der Waals surface area contributed by atoms with Crippen molar-refractivity contribution < 1.29 is 14.1 Å². The summed E-state index contributed by atoms with van der Waals surface area (Å²) in [5.74, 6) is 0. The Kier molecular flexibility index (Phi) is 5.28. The topological polar surface area (TPSA) is 42.0 Å². The molecule has 5 nitrogen and oxygen atoms in total. The first-order valence-corrected chi connectivity index (χ1v) is 11.5. The van der Waals surface area contributed by atoms with E-state index in [9.17, 15) is 4.79 Å². The van der Waals surface area contributed by atoms with Crippen molar-refractivity contribution in [2.24, 2.45) is 0 Å². The number of nitrogens with zero attached hydrogens (tertiary/aromatic N) is 2. The predicted molar refractivity (Wildman–Crippen MR) is 94.6 cm³/mol. The number of fused-ring (bicyclic) bond motifs is 2. The summed E-state index contributed by atoms with van der Waals surface area (Å²) in [6.45, 7) is 18.1. The monoisotopic (exact) mass is 340 g/mol. The van der Waals surface area contributed by atoms with Crippen LogP contribution in [0.3, 0.4) is 0 Å². The fourth-order valence-corrected chi connectivity index (χ4v) is 4.47. The molecule has 0 N–H and O–H groups in total. The minimum Gasteiger partial charge on any atom is -0.412 e. The van der Waals surface area contributed by atoms with Crippen molar-refractivity contribution in [3.05, 3.63) is 12.7 Å². The molecule has 2 fully saturated rings. The van der Waals surface area contributed by atoms with E-state index in [2.05, 4.69) is 47.4 Å². The third kappa shape index (κ3) is 3.49. The maximum Gasteiger partial charge on any atom is 0.344 e. The zero-order chi connectivity index (χ0) is 17.4. The van der Waals surface area contributed by atoms with Gasteiger partial charge in [0.05, 0.1) is 12.7 Å². The zero-order valence-electron chi connectivity index (χ0n) is 15.5. The number of carbonyl (C=O) groups is 1. The van der Waals surface area contributed by atoms with E-state index in [-0.39, 0.29) is 29.3 Å². The molecule has 0 aromatic rings. The highest BCUT2D eigenvalue weighted by Gasteiger charge is 2.52. The van der Waals surface area contributed by atoms with Gasteiger partial charge in [0.15, 0.2) is 8.32 Å². The molecule has 2 rings (SSSR count). The molecule has 0 saturated carbocycles. The Morgan fingerprint density at radius 1 is 1.39 bits per heavy atom. The van der Waals surface area contributed by atoms with E-state index in [1.54, 1.807) is 6.08 Å². The van der Waals surface area contributed by atoms with Crippen LogP contribution < -0.4 is 0 Å². The Hall–Kier alpha value is -0.853. The number of amides is 2. The van der Waals surface area contributed by atoms with E-state index in [0.29, 0.717) is 13.2 Å². The van der Waals surface area contributed by atoms with Crippen LogP contribution in [0.5, 0.6) is 0 Å². The molecule has 2 amide bonds. The van der Waals surface area contributed by atoms with Gasteiger partial charge in [-0.05, 0) is 31.0 Å². The van der Waals surface area contributed by atoms with Crippen LogP contribution in [0.4, 0.5) is 4.79 Å². The molecule has 3 atom stereocenters. The van der Waals surface area contributed by atoms with Gasteiger partial charge in [0.2, 0.25) is 0 Å². The van der Waals surface area contributed by atoms with Gasteiger partial charge in [0, 0.05) is 12.6 Å². The van der Waals surface area contributed by atoms with Crippen molar-refractivity contribution in [1.29, 1.82) is 0 Å². The second kappa shape index (κ2) is 6.57. The Bertz CT molecular complexity index is 461. The standard InChI is InChI=1S/C17H32N2O3Si/c1-8-10-21-19-14-12-18(16(19)20)13(9-2)11-15(14)22-23(6,7)17(3,4)5/h8,13-15H,1,9-12H2,2-7H3/t13-,14+,15+/m1/s1. The number of urea groups is 1. The molecule has 0 unspecified atom stereocenters. The van der Waals surface area contributed by atoms with Gasteiger partial charge in [-0.25, -0.2) is 4.79 Å². The molecule has 0 aromatic heterocycles. The van der Waals surface area contributed by atoms with Gasteiger partial charge < -0.3 is 9.33 Å². The average Bonchev–Trinajstić information content (AvgIpc) is 2.73. The smallest absolute Gasteiger partial charge is 0.344 e. The number of hydrogen-bond acceptors (Lipinski definition) is 3. The van der Waals surface area contributed by atoms with Crippen LogP contribution in [0.25, 0.3) is 0 Å². The molecule has 0 spiro atoms. The molecule has 0 aromatic carbocycles. The van der Waals surface area contributed by atoms with Crippen LogP contribution in [-0.2, 0) is 9.26 Å². The maximum atomic E-state index is 12.6. The number of hydrogen-bond donors (Lipinski definition) is 0. The van der Waals surface area contributed by atoms with E-state index in [0.717, 1.165) is 12.8 Å². The van der Waals surface area contributed by atoms with Crippen LogP contribution >= 0.6 is 0 Å². The summed E-state index contributed by atoms with van der Waals surface area (Å²) >= 11 is 0. The van der Waals surface area contributed by atoms with Crippen LogP contribution in [0.1, 0.15) is 40.5 Å². The van der Waals surface area contributed by atoms with Gasteiger partial charge in [0.1, 0.15) is 6.04 Å². The summed E-state index contributed by atoms with van der Waals surface area (Å²) < 4.78 is 6.68. The first-order valence-electron chi connectivity index (χ1n) is 8.63. The first-order chi connectivity index (χ1) is 10.6. The van der Waals surface area contributed by atoms with E-state index >= 15 is 0 Å². The van der Waals surface area contributed by atoms with Crippen molar-refractivity contribution in [2.45, 2.75) is 76.9 Å². The largest absolute Gasteiger partial charge is 0.412 e. The molecule has 6 heteroatoms. The van der Waals surface area contributed by atoms with Crippen LogP contribution in [0.2, 0.25) is 18.1 Å². The molecule has 132 valence electrons. The molecule has 2 heterocycles. The van der Waals surface area contributed by atoms with Gasteiger partial charge in [-0.15, -0.1) is 6.58 Å². The second-order valence-electron chi connectivity index (χ2n) is 8.13. The van der Waals surface area contributed by atoms with Crippen molar-refractivity contribution in [3.8, 4) is 0 Å². The minimum atomic E-state index is -1.89. The molecule has 2 aliphatic heterocycles. The van der Waals surface area contributed by atoms with E-state index in [1.165, 1.54) is 5.06 Å². The van der Waals surface area contributed by atoms with Gasteiger partial charge in [0.25, 0.3) is 0 Å². The molecule has 2 saturated heterocycles. The molecule has 0 aliphatic carbocycles. The zero-order valence-corrected chi connectivity index (χ0v) is 16.5. The van der Waals surface area contributed by atoms with Crippen LogP contribution in [-0.4, -0.2) is 55.7 Å². The third-order valence-electron chi connectivity index (χ3n) is 5.55. The lowest BCUT2D eigenvalue weighted by Crippen LogP contribution is -2.54. The quantitative estimate of drug-likeness (QED) is 0.546. The summed E-state index contributed by atoms with van der Waals surface area (Å²) in [7, 11) is -1.89. The lowest BCUT2D eigenvalue weighted by atomic mass is 9.96. The highest BCUT2D eigenvalue weighted by molar-refractivity contribution is 6.74. The molecular weight excluding hydrogens is 308 g/mol. The van der Waals surface area contributed by atoms with Crippen molar-refractivity contribution in [2.75, 3.05) is 13.2 Å². The van der Waals surface area contributed by atoms with Gasteiger partial charge in [-0.1, -0.05) is 33.8 Å². The van der Waals surface area contributed by atoms with Crippen LogP contribution in [0, 0.1) is 0 Å². The van der Waals surface area contributed by atoms with E-state index < -0.39 is 8.32 Å². The van der Waals surface area contributed by atoms with Gasteiger partial charge >= 0.3 is 6.03 Å². The average molecular weight is 341 g/mol. The summed E-state index contributed by atoms with van der Waals surface area (Å²) in [6.07, 6.45) is 3.57. The second-order valence-corrected chi connectivity index (χ2v) is 12.9. The third-order valence-corrected chi connectivity index (χ3v) is 10.1. The van der Waals surface area contributed by atoms with Gasteiger partial charge in [-0.3, -0.25) is 4.84 Å². The van der Waals surface area contributed by atoms with E-state index in [1.807, 2.05) is 4.90 Å². The van der Waals surface area contributed by atoms with Gasteiger partial charge in [-0.2, -0.15) is 5.06 Å². The highest BCUT2D eigenvalue weighted by atomic mass is 28.4. The normalized spacial score (nSPS) is 28.4. The van der Waals surface area contributed by atoms with Crippen molar-refractivity contribution in [3.63, 3.8) is 0 Å². The Balaban J connectivity index is 2.22. The maximum absolute atomic E-state index is 12.6. The number of hydroxylamine groups is 2. The fraction of sp³-hybridized carbons (Fsp3) is 0.824. The first kappa shape index (κ1) is 18.5. The minimum absolute atomic E-state index is 0.0145. The van der Waals surface area contributed by atoms with Crippen molar-refractivity contribution >= 4 is 14.3 Å². The summed E-state index contributed by atoms with van der Waals surface area (Å²) in [4.78, 5) is 20.2. The molecular formula is C17H32N2O3Si. The summed E-state index contributed by atoms with van der Waals surface area (Å²) in [6, 6.07) is 0.204. The lowest BCUT2D eigenvalue weighted by Gasteiger charge is -2.44. The summed E-state index contributed by atoms with van der Waals surface area (Å²) in [5, 5.41) is 1.69. The summed E-state index contributed by atoms with van der Waals surface area (Å²) in [5.41, 5.74) is 0. The van der Waals surface area contributed by atoms with E-state index in [4.69, 9.17) is 9.26 Å². The molecule has 2 bridgehead atoms. The number of piperidine rings is 1. The number of rotatable bonds is 6. The van der Waals surface area contributed by atoms with Crippen LogP contribution in [0.15, 0.2) is 12.7 Å². The molecule has 2 aliphatic rings. The molecule has 0 radical (unpaired) electrons.